The Labute approximate surface area is 101 Å². The molecule has 86 valence electrons. The lowest BCUT2D eigenvalue weighted by atomic mass is 10.3. The molecule has 0 radical (unpaired) electrons. The van der Waals surface area contributed by atoms with Crippen LogP contribution >= 0.6 is 11.8 Å². The summed E-state index contributed by atoms with van der Waals surface area (Å²) in [5, 5.41) is 9.78. The van der Waals surface area contributed by atoms with Gasteiger partial charge >= 0.3 is 5.97 Å². The summed E-state index contributed by atoms with van der Waals surface area (Å²) in [6.07, 6.45) is 2.57. The van der Waals surface area contributed by atoms with Gasteiger partial charge in [0.2, 0.25) is 0 Å². The molecule has 6 heteroatoms. The minimum atomic E-state index is -1.05. The highest BCUT2D eigenvalue weighted by molar-refractivity contribution is 7.99. The zero-order valence-corrected chi connectivity index (χ0v) is 9.32. The van der Waals surface area contributed by atoms with Crippen molar-refractivity contribution in [1.29, 1.82) is 0 Å². The van der Waals surface area contributed by atoms with Gasteiger partial charge < -0.3 is 5.11 Å². The molecule has 1 N–H and O–H groups in total. The molecule has 0 aromatic carbocycles. The van der Waals surface area contributed by atoms with Crippen LogP contribution in [0.15, 0.2) is 46.7 Å². The van der Waals surface area contributed by atoms with E-state index in [1.165, 1.54) is 24.4 Å². The molecule has 2 aromatic rings. The highest BCUT2D eigenvalue weighted by Crippen LogP contribution is 2.26. The maximum atomic E-state index is 12.7. The second-order valence-electron chi connectivity index (χ2n) is 3.08. The molecule has 0 fully saturated rings. The maximum Gasteiger partial charge on any atom is 0.338 e. The van der Waals surface area contributed by atoms with Crippen molar-refractivity contribution in [3.63, 3.8) is 0 Å². The minimum Gasteiger partial charge on any atom is -0.478 e. The predicted molar refractivity (Wildman–Crippen MR) is 59.5 cm³/mol. The predicted octanol–water partition coefficient (Wildman–Crippen LogP) is 2.47. The van der Waals surface area contributed by atoms with Gasteiger partial charge in [-0.3, -0.25) is 0 Å². The average molecular weight is 250 g/mol. The van der Waals surface area contributed by atoms with Crippen molar-refractivity contribution >= 4 is 17.7 Å². The number of carboxylic acids is 1. The molecular weight excluding hydrogens is 243 g/mol. The fourth-order valence-electron chi connectivity index (χ4n) is 1.16. The van der Waals surface area contributed by atoms with Crippen LogP contribution < -0.4 is 0 Å². The summed E-state index contributed by atoms with van der Waals surface area (Å²) in [4.78, 5) is 18.7. The van der Waals surface area contributed by atoms with Crippen LogP contribution in [0.5, 0.6) is 0 Å². The van der Waals surface area contributed by atoms with Crippen LogP contribution in [0.1, 0.15) is 10.4 Å². The van der Waals surface area contributed by atoms with Crippen molar-refractivity contribution in [2.24, 2.45) is 0 Å². The second kappa shape index (κ2) is 4.92. The fraction of sp³-hybridized carbons (Fsp3) is 0. The van der Waals surface area contributed by atoms with Gasteiger partial charge in [-0.25, -0.2) is 19.2 Å². The molecule has 2 aromatic heterocycles. The van der Waals surface area contributed by atoms with Gasteiger partial charge in [0.1, 0.15) is 15.9 Å². The van der Waals surface area contributed by atoms with Gasteiger partial charge in [-0.2, -0.15) is 0 Å². The molecule has 2 rings (SSSR count). The average Bonchev–Trinajstić information content (AvgIpc) is 2.32. The Balaban J connectivity index is 2.30. The van der Waals surface area contributed by atoms with Crippen molar-refractivity contribution in [2.75, 3.05) is 0 Å². The van der Waals surface area contributed by atoms with Gasteiger partial charge in [0.25, 0.3) is 0 Å². The van der Waals surface area contributed by atoms with E-state index in [1.54, 1.807) is 6.07 Å². The first-order valence-electron chi connectivity index (χ1n) is 4.64. The first-order chi connectivity index (χ1) is 8.16. The Hall–Kier alpha value is -1.95. The van der Waals surface area contributed by atoms with Crippen LogP contribution in [0.4, 0.5) is 4.39 Å². The maximum absolute atomic E-state index is 12.7. The summed E-state index contributed by atoms with van der Waals surface area (Å²) in [5.41, 5.74) is 0.101. The van der Waals surface area contributed by atoms with Crippen molar-refractivity contribution in [3.8, 4) is 0 Å². The lowest BCUT2D eigenvalue weighted by molar-refractivity contribution is 0.0692. The van der Waals surface area contributed by atoms with E-state index in [9.17, 15) is 9.18 Å². The molecule has 0 aliphatic heterocycles. The van der Waals surface area contributed by atoms with E-state index in [2.05, 4.69) is 9.97 Å². The smallest absolute Gasteiger partial charge is 0.338 e. The van der Waals surface area contributed by atoms with Crippen molar-refractivity contribution in [2.45, 2.75) is 10.1 Å². The molecule has 0 spiro atoms. The van der Waals surface area contributed by atoms with Crippen LogP contribution in [-0.4, -0.2) is 21.0 Å². The van der Waals surface area contributed by atoms with Crippen LogP contribution in [0.3, 0.4) is 0 Å². The monoisotopic (exact) mass is 250 g/mol. The summed E-state index contributed by atoms with van der Waals surface area (Å²) >= 11 is 1.08. The first kappa shape index (κ1) is 11.5. The number of rotatable bonds is 3. The van der Waals surface area contributed by atoms with E-state index in [4.69, 9.17) is 5.11 Å². The molecular formula is C11H7FN2O2S. The van der Waals surface area contributed by atoms with Crippen LogP contribution in [0.2, 0.25) is 0 Å². The minimum absolute atomic E-state index is 0.101. The van der Waals surface area contributed by atoms with E-state index in [1.807, 2.05) is 0 Å². The second-order valence-corrected chi connectivity index (χ2v) is 4.09. The largest absolute Gasteiger partial charge is 0.478 e. The van der Waals surface area contributed by atoms with Gasteiger partial charge in [-0.1, -0.05) is 0 Å². The number of carbonyl (C=O) groups is 1. The Bertz CT molecular complexity index is 545. The highest BCUT2D eigenvalue weighted by Gasteiger charge is 2.12. The quantitative estimate of drug-likeness (QED) is 0.906. The van der Waals surface area contributed by atoms with Gasteiger partial charge in [0.15, 0.2) is 0 Å². The number of pyridine rings is 2. The molecule has 2 heterocycles. The highest BCUT2D eigenvalue weighted by atomic mass is 32.2. The number of aromatic nitrogens is 2. The molecule has 0 unspecified atom stereocenters. The normalized spacial score (nSPS) is 10.2. The fourth-order valence-corrected chi connectivity index (χ4v) is 1.98. The van der Waals surface area contributed by atoms with Gasteiger partial charge in [-0.05, 0) is 36.0 Å². The molecule has 0 atom stereocenters. The van der Waals surface area contributed by atoms with Crippen molar-refractivity contribution < 1.29 is 14.3 Å². The van der Waals surface area contributed by atoms with Crippen LogP contribution in [0, 0.1) is 5.82 Å². The van der Waals surface area contributed by atoms with Gasteiger partial charge in [0.05, 0.1) is 11.8 Å². The number of hydrogen-bond donors (Lipinski definition) is 1. The van der Waals surface area contributed by atoms with E-state index in [0.29, 0.717) is 10.1 Å². The Morgan fingerprint density at radius 1 is 1.29 bits per heavy atom. The summed E-state index contributed by atoms with van der Waals surface area (Å²) < 4.78 is 12.7. The third kappa shape index (κ3) is 2.79. The Morgan fingerprint density at radius 3 is 2.76 bits per heavy atom. The molecule has 0 bridgehead atoms. The SMILES string of the molecule is O=C(O)c1cccnc1Sc1ccc(F)cn1. The third-order valence-corrected chi connectivity index (χ3v) is 2.87. The lowest BCUT2D eigenvalue weighted by Crippen LogP contribution is -2.00. The van der Waals surface area contributed by atoms with Gasteiger partial charge in [-0.15, -0.1) is 0 Å². The van der Waals surface area contributed by atoms with E-state index in [-0.39, 0.29) is 5.56 Å². The molecule has 4 nitrogen and oxygen atoms in total. The first-order valence-corrected chi connectivity index (χ1v) is 5.46. The summed E-state index contributed by atoms with van der Waals surface area (Å²) in [6, 6.07) is 5.74. The zero-order chi connectivity index (χ0) is 12.3. The number of hydrogen-bond acceptors (Lipinski definition) is 4. The van der Waals surface area contributed by atoms with E-state index >= 15 is 0 Å². The van der Waals surface area contributed by atoms with Crippen molar-refractivity contribution in [3.05, 3.63) is 48.0 Å². The molecule has 0 aliphatic rings. The number of halogens is 1. The topological polar surface area (TPSA) is 63.1 Å². The number of aromatic carboxylic acids is 1. The van der Waals surface area contributed by atoms with E-state index in [0.717, 1.165) is 18.0 Å². The molecule has 17 heavy (non-hydrogen) atoms. The van der Waals surface area contributed by atoms with Crippen LogP contribution in [0.25, 0.3) is 0 Å². The summed E-state index contributed by atoms with van der Waals surface area (Å²) in [6.45, 7) is 0. The number of nitrogens with zero attached hydrogens (tertiary/aromatic N) is 2. The standard InChI is InChI=1S/C11H7FN2O2S/c12-7-3-4-9(14-6-7)17-10-8(11(15)16)2-1-5-13-10/h1-6H,(H,15,16). The summed E-state index contributed by atoms with van der Waals surface area (Å²) in [7, 11) is 0. The Kier molecular flexibility index (Phi) is 3.34. The Morgan fingerprint density at radius 2 is 2.12 bits per heavy atom. The summed E-state index contributed by atoms with van der Waals surface area (Å²) in [5.74, 6) is -1.49. The van der Waals surface area contributed by atoms with Gasteiger partial charge in [0, 0.05) is 6.20 Å². The lowest BCUT2D eigenvalue weighted by Gasteiger charge is -2.03. The van der Waals surface area contributed by atoms with Crippen molar-refractivity contribution in [1.82, 2.24) is 9.97 Å². The zero-order valence-electron chi connectivity index (χ0n) is 8.50. The molecule has 0 aliphatic carbocycles. The molecule has 0 saturated heterocycles. The third-order valence-electron chi connectivity index (χ3n) is 1.90. The number of carboxylic acid groups (broad SMARTS) is 1. The van der Waals surface area contributed by atoms with Crippen LogP contribution in [-0.2, 0) is 0 Å². The molecule has 0 saturated carbocycles. The van der Waals surface area contributed by atoms with E-state index < -0.39 is 11.8 Å². The molecule has 0 amide bonds.